The Morgan fingerprint density at radius 1 is 1.00 bits per heavy atom. The lowest BCUT2D eigenvalue weighted by atomic mass is 10.2. The zero-order valence-electron chi connectivity index (χ0n) is 11.5. The largest absolute Gasteiger partial charge is 0.310 e. The molecule has 0 saturated heterocycles. The highest BCUT2D eigenvalue weighted by molar-refractivity contribution is 7.69. The Morgan fingerprint density at radius 2 is 1.56 bits per heavy atom. The second-order valence-corrected chi connectivity index (χ2v) is 7.54. The molecule has 0 spiro atoms. The number of hydrogen-bond acceptors (Lipinski definition) is 1. The highest BCUT2D eigenvalue weighted by atomic mass is 31.2. The van der Waals surface area contributed by atoms with Crippen molar-refractivity contribution in [3.05, 3.63) is 35.9 Å². The van der Waals surface area contributed by atoms with Gasteiger partial charge in [0.2, 0.25) is 0 Å². The minimum absolute atomic E-state index is 0.781. The topological polar surface area (TPSA) is 17.1 Å². The molecule has 0 N–H and O–H groups in total. The molecule has 1 aromatic rings. The third-order valence-electron chi connectivity index (χ3n) is 2.92. The summed E-state index contributed by atoms with van der Waals surface area (Å²) in [7, 11) is -2.28. The molecule has 0 amide bonds. The number of hydrogen-bond donors (Lipinski definition) is 0. The van der Waals surface area contributed by atoms with Crippen LogP contribution in [0.5, 0.6) is 0 Å². The maximum Gasteiger partial charge on any atom is 0.155 e. The number of rotatable bonds is 6. The van der Waals surface area contributed by atoms with Crippen LogP contribution in [0.2, 0.25) is 0 Å². The summed E-state index contributed by atoms with van der Waals surface area (Å²) < 4.78 is 12.7. The third-order valence-corrected chi connectivity index (χ3v) is 5.52. The molecule has 0 radical (unpaired) electrons. The van der Waals surface area contributed by atoms with Gasteiger partial charge in [-0.1, -0.05) is 50.8 Å². The van der Waals surface area contributed by atoms with Crippen LogP contribution >= 0.6 is 7.14 Å². The van der Waals surface area contributed by atoms with Gasteiger partial charge in [0.05, 0.1) is 0 Å². The SMILES string of the molecule is CCCCP(=O)(C#Cc1ccccc1)CCCC. The van der Waals surface area contributed by atoms with E-state index in [1.807, 2.05) is 30.3 Å². The van der Waals surface area contributed by atoms with Crippen LogP contribution in [0.15, 0.2) is 30.3 Å². The zero-order valence-corrected chi connectivity index (χ0v) is 12.4. The van der Waals surface area contributed by atoms with Crippen molar-refractivity contribution in [1.29, 1.82) is 0 Å². The second-order valence-electron chi connectivity index (χ2n) is 4.65. The van der Waals surface area contributed by atoms with Crippen LogP contribution in [0.25, 0.3) is 0 Å². The van der Waals surface area contributed by atoms with E-state index in [1.54, 1.807) is 0 Å². The van der Waals surface area contributed by atoms with Crippen molar-refractivity contribution in [3.8, 4) is 11.6 Å². The number of unbranched alkanes of at least 4 members (excludes halogenated alkanes) is 2. The molecule has 1 aromatic carbocycles. The van der Waals surface area contributed by atoms with Gasteiger partial charge in [0, 0.05) is 17.9 Å². The zero-order chi connectivity index (χ0) is 13.3. The summed E-state index contributed by atoms with van der Waals surface area (Å²) >= 11 is 0. The van der Waals surface area contributed by atoms with Crippen LogP contribution in [0.4, 0.5) is 0 Å². The van der Waals surface area contributed by atoms with Crippen molar-refractivity contribution in [3.63, 3.8) is 0 Å². The van der Waals surface area contributed by atoms with Gasteiger partial charge in [0.1, 0.15) is 0 Å². The summed E-state index contributed by atoms with van der Waals surface area (Å²) in [5.74, 6) is 3.09. The fourth-order valence-corrected chi connectivity index (χ4v) is 4.17. The second kappa shape index (κ2) is 8.17. The van der Waals surface area contributed by atoms with Gasteiger partial charge in [-0.2, -0.15) is 0 Å². The van der Waals surface area contributed by atoms with Crippen molar-refractivity contribution in [2.24, 2.45) is 0 Å². The smallest absolute Gasteiger partial charge is 0.155 e. The Balaban J connectivity index is 2.78. The first kappa shape index (κ1) is 15.1. The van der Waals surface area contributed by atoms with E-state index in [0.717, 1.165) is 43.6 Å². The molecule has 0 unspecified atom stereocenters. The molecule has 0 saturated carbocycles. The van der Waals surface area contributed by atoms with E-state index in [0.29, 0.717) is 0 Å². The van der Waals surface area contributed by atoms with E-state index in [-0.39, 0.29) is 0 Å². The van der Waals surface area contributed by atoms with Gasteiger partial charge in [-0.3, -0.25) is 0 Å². The summed E-state index contributed by atoms with van der Waals surface area (Å²) in [5.41, 5.74) is 4.05. The Hall–Kier alpha value is -0.990. The van der Waals surface area contributed by atoms with Crippen molar-refractivity contribution >= 4 is 7.14 Å². The van der Waals surface area contributed by atoms with E-state index in [2.05, 4.69) is 25.4 Å². The molecular weight excluding hydrogens is 239 g/mol. The Bertz CT molecular complexity index is 427. The lowest BCUT2D eigenvalue weighted by Gasteiger charge is -2.10. The van der Waals surface area contributed by atoms with E-state index in [4.69, 9.17) is 0 Å². The van der Waals surface area contributed by atoms with Gasteiger partial charge in [-0.05, 0) is 30.6 Å². The quantitative estimate of drug-likeness (QED) is 0.523. The van der Waals surface area contributed by atoms with Gasteiger partial charge in [-0.25, -0.2) is 0 Å². The lowest BCUT2D eigenvalue weighted by Crippen LogP contribution is -1.93. The van der Waals surface area contributed by atoms with Crippen LogP contribution in [0.3, 0.4) is 0 Å². The van der Waals surface area contributed by atoms with Crippen LogP contribution in [-0.2, 0) is 4.57 Å². The molecule has 0 bridgehead atoms. The van der Waals surface area contributed by atoms with Crippen molar-refractivity contribution in [2.45, 2.75) is 39.5 Å². The normalized spacial score (nSPS) is 10.8. The highest BCUT2D eigenvalue weighted by Gasteiger charge is 2.17. The van der Waals surface area contributed by atoms with Crippen LogP contribution < -0.4 is 0 Å². The summed E-state index contributed by atoms with van der Waals surface area (Å²) in [6, 6.07) is 9.84. The first-order valence-corrected chi connectivity index (χ1v) is 8.94. The van der Waals surface area contributed by atoms with Gasteiger partial charge in [-0.15, -0.1) is 0 Å². The predicted molar refractivity (Wildman–Crippen MR) is 80.5 cm³/mol. The molecule has 0 aliphatic rings. The van der Waals surface area contributed by atoms with Crippen molar-refractivity contribution < 1.29 is 4.57 Å². The summed E-state index contributed by atoms with van der Waals surface area (Å²) in [5, 5.41) is 0. The molecule has 0 heterocycles. The molecule has 18 heavy (non-hydrogen) atoms. The molecule has 0 aliphatic carbocycles. The minimum atomic E-state index is -2.28. The van der Waals surface area contributed by atoms with Crippen LogP contribution in [-0.4, -0.2) is 12.3 Å². The fraction of sp³-hybridized carbons (Fsp3) is 0.500. The maximum absolute atomic E-state index is 12.7. The first-order chi connectivity index (χ1) is 8.70. The summed E-state index contributed by atoms with van der Waals surface area (Å²) in [6.45, 7) is 4.27. The average Bonchev–Trinajstić information content (AvgIpc) is 2.42. The van der Waals surface area contributed by atoms with E-state index >= 15 is 0 Å². The monoisotopic (exact) mass is 262 g/mol. The van der Waals surface area contributed by atoms with Gasteiger partial charge in [0.15, 0.2) is 7.14 Å². The van der Waals surface area contributed by atoms with Crippen LogP contribution in [0, 0.1) is 11.6 Å². The lowest BCUT2D eigenvalue weighted by molar-refractivity contribution is 0.577. The maximum atomic E-state index is 12.7. The molecule has 0 atom stereocenters. The molecular formula is C16H23OP. The molecule has 1 rings (SSSR count). The fourth-order valence-electron chi connectivity index (χ4n) is 1.74. The van der Waals surface area contributed by atoms with Crippen LogP contribution in [0.1, 0.15) is 45.1 Å². The van der Waals surface area contributed by atoms with E-state index < -0.39 is 7.14 Å². The van der Waals surface area contributed by atoms with Crippen molar-refractivity contribution in [1.82, 2.24) is 0 Å². The minimum Gasteiger partial charge on any atom is -0.310 e. The predicted octanol–water partition coefficient (Wildman–Crippen LogP) is 4.96. The molecule has 98 valence electrons. The third kappa shape index (κ3) is 5.56. The molecule has 1 nitrogen and oxygen atoms in total. The van der Waals surface area contributed by atoms with Crippen molar-refractivity contribution in [2.75, 3.05) is 12.3 Å². The van der Waals surface area contributed by atoms with Gasteiger partial charge < -0.3 is 4.57 Å². The molecule has 2 heteroatoms. The average molecular weight is 262 g/mol. The molecule has 0 aliphatic heterocycles. The Labute approximate surface area is 111 Å². The van der Waals surface area contributed by atoms with Gasteiger partial charge >= 0.3 is 0 Å². The Morgan fingerprint density at radius 3 is 2.06 bits per heavy atom. The molecule has 0 fully saturated rings. The standard InChI is InChI=1S/C16H23OP/c1-3-5-13-18(17,14-6-4-2)15-12-16-10-8-7-9-11-16/h7-11H,3-6,13-14H2,1-2H3. The van der Waals surface area contributed by atoms with E-state index in [9.17, 15) is 4.57 Å². The van der Waals surface area contributed by atoms with E-state index in [1.165, 1.54) is 0 Å². The summed E-state index contributed by atoms with van der Waals surface area (Å²) in [4.78, 5) is 0. The Kier molecular flexibility index (Phi) is 6.84. The van der Waals surface area contributed by atoms with Gasteiger partial charge in [0.25, 0.3) is 0 Å². The highest BCUT2D eigenvalue weighted by Crippen LogP contribution is 2.46. The number of benzene rings is 1. The first-order valence-electron chi connectivity index (χ1n) is 6.86. The molecule has 0 aromatic heterocycles. The summed E-state index contributed by atoms with van der Waals surface area (Å²) in [6.07, 6.45) is 5.77.